The summed E-state index contributed by atoms with van der Waals surface area (Å²) in [5.41, 5.74) is 1.99. The number of ether oxygens (including phenoxy) is 3. The van der Waals surface area contributed by atoms with Gasteiger partial charge >= 0.3 is 0 Å². The molecule has 7 heteroatoms. The van der Waals surface area contributed by atoms with Gasteiger partial charge in [-0.15, -0.1) is 0 Å². The Balaban J connectivity index is 1.78. The van der Waals surface area contributed by atoms with Crippen LogP contribution in [0.5, 0.6) is 17.2 Å². The van der Waals surface area contributed by atoms with Crippen molar-refractivity contribution in [2.45, 2.75) is 44.1 Å². The van der Waals surface area contributed by atoms with Crippen molar-refractivity contribution >= 4 is 11.7 Å². The van der Waals surface area contributed by atoms with Crippen LogP contribution in [0, 0.1) is 0 Å². The van der Waals surface area contributed by atoms with Crippen LogP contribution in [-0.2, 0) is 4.79 Å². The number of amides is 1. The molecule has 2 aliphatic rings. The largest absolute Gasteiger partial charge is 0.493 e. The third-order valence-corrected chi connectivity index (χ3v) is 5.61. The minimum atomic E-state index is -0.0994. The van der Waals surface area contributed by atoms with E-state index >= 15 is 0 Å². The first-order valence-corrected chi connectivity index (χ1v) is 9.33. The number of aromatic nitrogens is 2. The molecule has 0 spiro atoms. The van der Waals surface area contributed by atoms with Gasteiger partial charge in [0.2, 0.25) is 11.7 Å². The van der Waals surface area contributed by atoms with Crippen LogP contribution in [0.15, 0.2) is 18.3 Å². The van der Waals surface area contributed by atoms with Crippen molar-refractivity contribution in [3.63, 3.8) is 0 Å². The number of methoxy groups -OCH3 is 3. The Morgan fingerprint density at radius 3 is 2.33 bits per heavy atom. The number of fused-ring (bicyclic) bond motifs is 1. The van der Waals surface area contributed by atoms with Crippen LogP contribution >= 0.6 is 0 Å². The first-order chi connectivity index (χ1) is 13.2. The highest BCUT2D eigenvalue weighted by molar-refractivity contribution is 5.94. The molecule has 2 aromatic rings. The maximum absolute atomic E-state index is 12.5. The predicted molar refractivity (Wildman–Crippen MR) is 101 cm³/mol. The second kappa shape index (κ2) is 7.13. The molecule has 1 N–H and O–H groups in total. The lowest BCUT2D eigenvalue weighted by atomic mass is 9.87. The van der Waals surface area contributed by atoms with Crippen LogP contribution in [0.25, 0.3) is 0 Å². The number of carbonyl (C=O) groups is 1. The van der Waals surface area contributed by atoms with Crippen molar-refractivity contribution in [3.8, 4) is 17.2 Å². The molecule has 1 aliphatic heterocycles. The molecule has 27 heavy (non-hydrogen) atoms. The number of hydrogen-bond donors (Lipinski definition) is 1. The summed E-state index contributed by atoms with van der Waals surface area (Å²) in [6.07, 6.45) is 6.90. The lowest BCUT2D eigenvalue weighted by molar-refractivity contribution is -0.116. The summed E-state index contributed by atoms with van der Waals surface area (Å²) in [6, 6.07) is 4.20. The zero-order chi connectivity index (χ0) is 19.0. The molecule has 144 valence electrons. The summed E-state index contributed by atoms with van der Waals surface area (Å²) in [5.74, 6) is 2.45. The second-order valence-electron chi connectivity index (χ2n) is 7.09. The van der Waals surface area contributed by atoms with Crippen molar-refractivity contribution in [2.75, 3.05) is 26.6 Å². The number of rotatable bonds is 5. The molecule has 1 amide bonds. The molecule has 1 fully saturated rings. The van der Waals surface area contributed by atoms with Crippen LogP contribution in [0.1, 0.15) is 55.2 Å². The molecule has 0 unspecified atom stereocenters. The number of carbonyl (C=O) groups excluding carboxylic acids is 1. The zero-order valence-electron chi connectivity index (χ0n) is 15.9. The van der Waals surface area contributed by atoms with E-state index in [2.05, 4.69) is 10.4 Å². The zero-order valence-corrected chi connectivity index (χ0v) is 15.9. The third kappa shape index (κ3) is 3.01. The minimum absolute atomic E-state index is 0.000925. The SMILES string of the molecule is COc1cc([C@H]2CC(=O)Nc3c2cnn3C2CCCC2)cc(OC)c1OC. The average molecular weight is 371 g/mol. The van der Waals surface area contributed by atoms with Gasteiger partial charge in [-0.1, -0.05) is 12.8 Å². The van der Waals surface area contributed by atoms with E-state index in [9.17, 15) is 4.79 Å². The topological polar surface area (TPSA) is 74.6 Å². The minimum Gasteiger partial charge on any atom is -0.493 e. The summed E-state index contributed by atoms with van der Waals surface area (Å²) in [5, 5.41) is 7.66. The first kappa shape index (κ1) is 17.7. The Morgan fingerprint density at radius 1 is 1.07 bits per heavy atom. The smallest absolute Gasteiger partial charge is 0.226 e. The maximum atomic E-state index is 12.5. The Labute approximate surface area is 158 Å². The van der Waals surface area contributed by atoms with Gasteiger partial charge in [-0.3, -0.25) is 4.79 Å². The van der Waals surface area contributed by atoms with Crippen molar-refractivity contribution in [3.05, 3.63) is 29.5 Å². The molecule has 1 saturated carbocycles. The fourth-order valence-electron chi connectivity index (χ4n) is 4.26. The molecule has 0 radical (unpaired) electrons. The van der Waals surface area contributed by atoms with E-state index in [0.29, 0.717) is 29.7 Å². The molecule has 0 bridgehead atoms. The number of nitrogens with zero attached hydrogens (tertiary/aromatic N) is 2. The lowest BCUT2D eigenvalue weighted by Gasteiger charge is -2.26. The van der Waals surface area contributed by atoms with Gasteiger partial charge in [0, 0.05) is 17.9 Å². The monoisotopic (exact) mass is 371 g/mol. The van der Waals surface area contributed by atoms with Gasteiger partial charge in [0.1, 0.15) is 5.82 Å². The molecule has 1 atom stereocenters. The molecule has 7 nitrogen and oxygen atoms in total. The van der Waals surface area contributed by atoms with Crippen LogP contribution in [0.2, 0.25) is 0 Å². The molecule has 2 heterocycles. The lowest BCUT2D eigenvalue weighted by Crippen LogP contribution is -2.25. The van der Waals surface area contributed by atoms with E-state index in [1.165, 1.54) is 12.8 Å². The fraction of sp³-hybridized carbons (Fsp3) is 0.500. The van der Waals surface area contributed by atoms with Crippen molar-refractivity contribution in [1.29, 1.82) is 0 Å². The van der Waals surface area contributed by atoms with Crippen LogP contribution < -0.4 is 19.5 Å². The van der Waals surface area contributed by atoms with Gasteiger partial charge in [0.05, 0.1) is 33.6 Å². The molecule has 1 aromatic heterocycles. The van der Waals surface area contributed by atoms with Crippen molar-refractivity contribution in [2.24, 2.45) is 0 Å². The number of benzene rings is 1. The van der Waals surface area contributed by atoms with Crippen molar-refractivity contribution < 1.29 is 19.0 Å². The van der Waals surface area contributed by atoms with Gasteiger partial charge < -0.3 is 19.5 Å². The normalized spacial score (nSPS) is 19.5. The molecule has 0 saturated heterocycles. The van der Waals surface area contributed by atoms with Crippen molar-refractivity contribution in [1.82, 2.24) is 9.78 Å². The second-order valence-corrected chi connectivity index (χ2v) is 7.09. The van der Waals surface area contributed by atoms with E-state index in [0.717, 1.165) is 29.8 Å². The van der Waals surface area contributed by atoms with E-state index in [-0.39, 0.29) is 11.8 Å². The third-order valence-electron chi connectivity index (χ3n) is 5.61. The Kier molecular flexibility index (Phi) is 4.68. The Bertz CT molecular complexity index is 830. The summed E-state index contributed by atoms with van der Waals surface area (Å²) < 4.78 is 18.4. The number of hydrogen-bond acceptors (Lipinski definition) is 5. The molecular weight excluding hydrogens is 346 g/mol. The van der Waals surface area contributed by atoms with Crippen LogP contribution in [-0.4, -0.2) is 37.0 Å². The highest BCUT2D eigenvalue weighted by Crippen LogP contribution is 2.45. The standard InChI is InChI=1S/C20H25N3O4/c1-25-16-8-12(9-17(26-2)19(16)27-3)14-10-18(24)22-20-15(14)11-21-23(20)13-6-4-5-7-13/h8-9,11,13-14H,4-7,10H2,1-3H3,(H,22,24)/t14-/m1/s1. The summed E-state index contributed by atoms with van der Waals surface area (Å²) in [7, 11) is 4.77. The Morgan fingerprint density at radius 2 is 1.74 bits per heavy atom. The molecule has 4 rings (SSSR count). The maximum Gasteiger partial charge on any atom is 0.226 e. The van der Waals surface area contributed by atoms with Gasteiger partial charge in [-0.2, -0.15) is 5.10 Å². The molecular formula is C20H25N3O4. The van der Waals surface area contributed by atoms with Gasteiger partial charge in [-0.05, 0) is 30.5 Å². The average Bonchev–Trinajstić information content (AvgIpc) is 3.35. The number of nitrogens with one attached hydrogen (secondary N) is 1. The van der Waals surface area contributed by atoms with Gasteiger partial charge in [-0.25, -0.2) is 4.68 Å². The van der Waals surface area contributed by atoms with Gasteiger partial charge in [0.15, 0.2) is 11.5 Å². The first-order valence-electron chi connectivity index (χ1n) is 9.33. The Hall–Kier alpha value is -2.70. The van der Waals surface area contributed by atoms with E-state index < -0.39 is 0 Å². The molecule has 1 aromatic carbocycles. The van der Waals surface area contributed by atoms with E-state index in [1.807, 2.05) is 23.0 Å². The van der Waals surface area contributed by atoms with E-state index in [4.69, 9.17) is 14.2 Å². The summed E-state index contributed by atoms with van der Waals surface area (Å²) in [4.78, 5) is 12.5. The predicted octanol–water partition coefficient (Wildman–Crippen LogP) is 3.50. The quantitative estimate of drug-likeness (QED) is 0.871. The number of anilines is 1. The molecule has 1 aliphatic carbocycles. The summed E-state index contributed by atoms with van der Waals surface area (Å²) >= 11 is 0. The highest BCUT2D eigenvalue weighted by atomic mass is 16.5. The van der Waals surface area contributed by atoms with E-state index in [1.54, 1.807) is 21.3 Å². The summed E-state index contributed by atoms with van der Waals surface area (Å²) in [6.45, 7) is 0. The van der Waals surface area contributed by atoms with Gasteiger partial charge in [0.25, 0.3) is 0 Å². The van der Waals surface area contributed by atoms with Crippen LogP contribution in [0.3, 0.4) is 0 Å². The highest BCUT2D eigenvalue weighted by Gasteiger charge is 2.33. The van der Waals surface area contributed by atoms with Crippen LogP contribution in [0.4, 0.5) is 5.82 Å². The fourth-order valence-corrected chi connectivity index (χ4v) is 4.26.